The molecule has 0 aliphatic heterocycles. The second kappa shape index (κ2) is 5.97. The van der Waals surface area contributed by atoms with E-state index in [1.54, 1.807) is 0 Å². The maximum Gasteiger partial charge on any atom is 0.220 e. The van der Waals surface area contributed by atoms with Crippen molar-refractivity contribution in [1.29, 1.82) is 0 Å². The van der Waals surface area contributed by atoms with Crippen LogP contribution >= 0.6 is 0 Å². The zero-order chi connectivity index (χ0) is 10.3. The highest BCUT2D eigenvalue weighted by Crippen LogP contribution is 2.02. The molecule has 0 aliphatic carbocycles. The van der Waals surface area contributed by atoms with Gasteiger partial charge in [-0.1, -0.05) is 0 Å². The minimum atomic E-state index is 0.0465. The van der Waals surface area contributed by atoms with Crippen molar-refractivity contribution in [3.63, 3.8) is 0 Å². The third kappa shape index (κ3) is 9.34. The van der Waals surface area contributed by atoms with Crippen LogP contribution in [0.2, 0.25) is 0 Å². The van der Waals surface area contributed by atoms with E-state index >= 15 is 0 Å². The number of amides is 1. The van der Waals surface area contributed by atoms with E-state index in [-0.39, 0.29) is 5.91 Å². The van der Waals surface area contributed by atoms with E-state index in [9.17, 15) is 4.79 Å². The summed E-state index contributed by atoms with van der Waals surface area (Å²) in [5.41, 5.74) is 0. The highest BCUT2D eigenvalue weighted by atomic mass is 16.1. The number of hydrogen-bond donors (Lipinski definition) is 1. The Balaban J connectivity index is 3.22. The van der Waals surface area contributed by atoms with Crippen LogP contribution in [0.5, 0.6) is 0 Å². The highest BCUT2D eigenvalue weighted by Gasteiger charge is 2.05. The van der Waals surface area contributed by atoms with Crippen LogP contribution < -0.4 is 5.32 Å². The molecule has 0 bridgehead atoms. The number of carbonyl (C=O) groups excluding carboxylic acids is 1. The normalized spacial score (nSPS) is 11.4. The predicted molar refractivity (Wildman–Crippen MR) is 54.9 cm³/mol. The van der Waals surface area contributed by atoms with Crippen LogP contribution in [-0.4, -0.2) is 38.1 Å². The van der Waals surface area contributed by atoms with Gasteiger partial charge in [0.1, 0.15) is 0 Å². The van der Waals surface area contributed by atoms with E-state index in [1.165, 1.54) is 13.0 Å². The SMILES string of the molecule is [CH2]NC(=O)CCCCC[N+](C)(C)C. The summed E-state index contributed by atoms with van der Waals surface area (Å²) in [6, 6.07) is 0. The molecule has 0 aliphatic rings. The second-order valence-electron chi connectivity index (χ2n) is 4.42. The number of quaternary nitrogens is 1. The molecule has 0 rings (SSSR count). The van der Waals surface area contributed by atoms with Gasteiger partial charge in [0.25, 0.3) is 0 Å². The van der Waals surface area contributed by atoms with Gasteiger partial charge in [0.05, 0.1) is 27.7 Å². The molecule has 0 aromatic rings. The lowest BCUT2D eigenvalue weighted by molar-refractivity contribution is -0.870. The van der Waals surface area contributed by atoms with Crippen molar-refractivity contribution < 1.29 is 9.28 Å². The number of rotatable bonds is 6. The third-order valence-electron chi connectivity index (χ3n) is 1.93. The second-order valence-corrected chi connectivity index (χ2v) is 4.42. The first-order valence-electron chi connectivity index (χ1n) is 4.82. The molecule has 0 aromatic carbocycles. The van der Waals surface area contributed by atoms with Crippen LogP contribution in [-0.2, 0) is 4.79 Å². The zero-order valence-corrected chi connectivity index (χ0v) is 9.10. The summed E-state index contributed by atoms with van der Waals surface area (Å²) >= 11 is 0. The Morgan fingerprint density at radius 1 is 1.23 bits per heavy atom. The molecule has 1 N–H and O–H groups in total. The quantitative estimate of drug-likeness (QED) is 0.489. The zero-order valence-electron chi connectivity index (χ0n) is 9.10. The van der Waals surface area contributed by atoms with Crippen LogP contribution in [0.15, 0.2) is 0 Å². The van der Waals surface area contributed by atoms with Crippen molar-refractivity contribution in [1.82, 2.24) is 5.32 Å². The third-order valence-corrected chi connectivity index (χ3v) is 1.93. The lowest BCUT2D eigenvalue weighted by Crippen LogP contribution is -2.35. The fourth-order valence-corrected chi connectivity index (χ4v) is 1.14. The lowest BCUT2D eigenvalue weighted by atomic mass is 10.2. The van der Waals surface area contributed by atoms with Gasteiger partial charge in [-0.3, -0.25) is 4.79 Å². The van der Waals surface area contributed by atoms with Crippen molar-refractivity contribution in [3.05, 3.63) is 7.05 Å². The predicted octanol–water partition coefficient (Wildman–Crippen LogP) is 1.16. The Hall–Kier alpha value is -0.570. The Bertz CT molecular complexity index is 149. The van der Waals surface area contributed by atoms with Crippen molar-refractivity contribution >= 4 is 5.91 Å². The van der Waals surface area contributed by atoms with Crippen molar-refractivity contribution in [2.24, 2.45) is 0 Å². The number of nitrogens with zero attached hydrogens (tertiary/aromatic N) is 1. The topological polar surface area (TPSA) is 29.1 Å². The van der Waals surface area contributed by atoms with Crippen molar-refractivity contribution in [3.8, 4) is 0 Å². The molecule has 0 heterocycles. The van der Waals surface area contributed by atoms with Crippen molar-refractivity contribution in [2.75, 3.05) is 27.7 Å². The molecule has 3 nitrogen and oxygen atoms in total. The molecule has 0 fully saturated rings. The van der Waals surface area contributed by atoms with Gasteiger partial charge < -0.3 is 9.80 Å². The van der Waals surface area contributed by atoms with E-state index in [2.05, 4.69) is 33.5 Å². The maximum atomic E-state index is 10.8. The van der Waals surface area contributed by atoms with Crippen LogP contribution in [0.4, 0.5) is 0 Å². The fraction of sp³-hybridized carbons (Fsp3) is 0.800. The molecule has 1 radical (unpaired) electrons. The number of nitrogens with one attached hydrogen (secondary N) is 1. The number of carbonyl (C=O) groups is 1. The van der Waals surface area contributed by atoms with Crippen molar-refractivity contribution in [2.45, 2.75) is 25.7 Å². The van der Waals surface area contributed by atoms with Gasteiger partial charge in [0.2, 0.25) is 5.91 Å². The Labute approximate surface area is 81.7 Å². The minimum Gasteiger partial charge on any atom is -0.354 e. The van der Waals surface area contributed by atoms with Crippen LogP contribution in [0.25, 0.3) is 0 Å². The molecule has 0 unspecified atom stereocenters. The average molecular weight is 186 g/mol. The summed E-state index contributed by atoms with van der Waals surface area (Å²) in [4.78, 5) is 10.8. The first-order valence-corrected chi connectivity index (χ1v) is 4.82. The number of hydrogen-bond acceptors (Lipinski definition) is 1. The highest BCUT2D eigenvalue weighted by molar-refractivity contribution is 5.75. The van der Waals surface area contributed by atoms with Gasteiger partial charge >= 0.3 is 0 Å². The molecular formula is C10H22N2O+. The minimum absolute atomic E-state index is 0.0465. The van der Waals surface area contributed by atoms with Gasteiger partial charge in [-0.25, -0.2) is 0 Å². The largest absolute Gasteiger partial charge is 0.354 e. The Morgan fingerprint density at radius 3 is 2.31 bits per heavy atom. The Kier molecular flexibility index (Phi) is 5.71. The van der Waals surface area contributed by atoms with E-state index in [0.29, 0.717) is 6.42 Å². The molecule has 13 heavy (non-hydrogen) atoms. The van der Waals surface area contributed by atoms with Gasteiger partial charge in [-0.2, -0.15) is 0 Å². The van der Waals surface area contributed by atoms with Gasteiger partial charge in [0.15, 0.2) is 0 Å². The molecule has 0 spiro atoms. The Morgan fingerprint density at radius 2 is 1.85 bits per heavy atom. The smallest absolute Gasteiger partial charge is 0.220 e. The molecule has 0 saturated heterocycles. The first kappa shape index (κ1) is 12.4. The van der Waals surface area contributed by atoms with E-state index in [4.69, 9.17) is 0 Å². The van der Waals surface area contributed by atoms with Crippen LogP contribution in [0, 0.1) is 7.05 Å². The summed E-state index contributed by atoms with van der Waals surface area (Å²) < 4.78 is 1.00. The summed E-state index contributed by atoms with van der Waals surface area (Å²) in [5, 5.41) is 2.38. The molecule has 0 aromatic heterocycles. The maximum absolute atomic E-state index is 10.8. The van der Waals surface area contributed by atoms with Gasteiger partial charge in [-0.05, 0) is 19.3 Å². The summed E-state index contributed by atoms with van der Waals surface area (Å²) in [6.07, 6.45) is 3.90. The molecule has 3 heteroatoms. The fourth-order valence-electron chi connectivity index (χ4n) is 1.14. The molecule has 0 saturated carbocycles. The standard InChI is InChI=1S/C10H22N2O/c1-11-10(13)8-6-5-7-9-12(2,3)4/h1,5-9H2,2-4H3,(H,11,13)/q+1. The molecular weight excluding hydrogens is 164 g/mol. The van der Waals surface area contributed by atoms with Crippen LogP contribution in [0.1, 0.15) is 25.7 Å². The van der Waals surface area contributed by atoms with E-state index in [1.807, 2.05) is 0 Å². The summed E-state index contributed by atoms with van der Waals surface area (Å²) in [7, 11) is 9.87. The van der Waals surface area contributed by atoms with Gasteiger partial charge in [-0.15, -0.1) is 0 Å². The monoisotopic (exact) mass is 186 g/mol. The van der Waals surface area contributed by atoms with E-state index < -0.39 is 0 Å². The molecule has 0 atom stereocenters. The first-order chi connectivity index (χ1) is 5.95. The summed E-state index contributed by atoms with van der Waals surface area (Å²) in [6.45, 7) is 1.17. The van der Waals surface area contributed by atoms with Gasteiger partial charge in [0, 0.05) is 13.5 Å². The molecule has 77 valence electrons. The van der Waals surface area contributed by atoms with Crippen LogP contribution in [0.3, 0.4) is 0 Å². The number of unbranched alkanes of at least 4 members (excludes halogenated alkanes) is 2. The molecule has 1 amide bonds. The summed E-state index contributed by atoms with van der Waals surface area (Å²) in [5.74, 6) is 0.0465. The van der Waals surface area contributed by atoms with E-state index in [0.717, 1.165) is 17.3 Å². The average Bonchev–Trinajstić information content (AvgIpc) is 2.01. The lowest BCUT2D eigenvalue weighted by Gasteiger charge is -2.23.